The predicted octanol–water partition coefficient (Wildman–Crippen LogP) is 2.41. The Hall–Kier alpha value is -1.46. The van der Waals surface area contributed by atoms with Crippen molar-refractivity contribution in [2.24, 2.45) is 11.1 Å². The molecule has 0 radical (unpaired) electrons. The molecule has 0 rings (SSSR count). The number of alkyl carbamates (subject to hydrolysis) is 1. The monoisotopic (exact) mass is 274 g/mol. The summed E-state index contributed by atoms with van der Waals surface area (Å²) in [4.78, 5) is 22.1. The van der Waals surface area contributed by atoms with Gasteiger partial charge in [0.15, 0.2) is 0 Å². The lowest BCUT2D eigenvalue weighted by atomic mass is 9.87. The first-order valence-electron chi connectivity index (χ1n) is 6.76. The van der Waals surface area contributed by atoms with Gasteiger partial charge in [-0.3, -0.25) is 0 Å². The summed E-state index contributed by atoms with van der Waals surface area (Å²) in [5.74, 6) is 0. The summed E-state index contributed by atoms with van der Waals surface area (Å²) in [5, 5.41) is 2.67. The van der Waals surface area contributed by atoms with Crippen LogP contribution in [-0.2, 0) is 9.47 Å². The smallest absolute Gasteiger partial charge is 0.407 e. The number of amides is 2. The summed E-state index contributed by atoms with van der Waals surface area (Å²) in [5.41, 5.74) is 4.55. The van der Waals surface area contributed by atoms with Gasteiger partial charge >= 0.3 is 12.2 Å². The fourth-order valence-electron chi connectivity index (χ4n) is 1.69. The van der Waals surface area contributed by atoms with Gasteiger partial charge < -0.3 is 20.5 Å². The maximum Gasteiger partial charge on any atom is 0.407 e. The summed E-state index contributed by atoms with van der Waals surface area (Å²) < 4.78 is 9.97. The summed E-state index contributed by atoms with van der Waals surface area (Å²) in [6, 6.07) is 0. The Kier molecular flexibility index (Phi) is 8.74. The lowest BCUT2D eigenvalue weighted by Crippen LogP contribution is -2.35. The van der Waals surface area contributed by atoms with Gasteiger partial charge in [-0.05, 0) is 12.8 Å². The van der Waals surface area contributed by atoms with Crippen molar-refractivity contribution in [3.63, 3.8) is 0 Å². The van der Waals surface area contributed by atoms with E-state index in [0.717, 1.165) is 25.7 Å². The van der Waals surface area contributed by atoms with Crippen LogP contribution in [0.1, 0.15) is 46.5 Å². The molecule has 0 spiro atoms. The molecular weight excluding hydrogens is 248 g/mol. The lowest BCUT2D eigenvalue weighted by Gasteiger charge is -2.27. The Morgan fingerprint density at radius 1 is 1.16 bits per heavy atom. The molecule has 0 aromatic carbocycles. The van der Waals surface area contributed by atoms with E-state index < -0.39 is 17.6 Å². The van der Waals surface area contributed by atoms with Gasteiger partial charge in [-0.2, -0.15) is 0 Å². The Morgan fingerprint density at radius 3 is 2.32 bits per heavy atom. The van der Waals surface area contributed by atoms with E-state index in [-0.39, 0.29) is 13.2 Å². The topological polar surface area (TPSA) is 90.7 Å². The maximum atomic E-state index is 11.4. The maximum absolute atomic E-state index is 11.4. The van der Waals surface area contributed by atoms with Gasteiger partial charge in [0.1, 0.15) is 13.2 Å². The van der Waals surface area contributed by atoms with Crippen molar-refractivity contribution in [3.8, 4) is 0 Å². The SMILES string of the molecule is CCCCNC(=O)OC[C@@](C)(CCC)COC(N)=O. The third-order valence-electron chi connectivity index (χ3n) is 2.77. The van der Waals surface area contributed by atoms with E-state index in [2.05, 4.69) is 5.32 Å². The fraction of sp³-hybridized carbons (Fsp3) is 0.846. The molecular formula is C13H26N2O4. The first-order valence-corrected chi connectivity index (χ1v) is 6.76. The van der Waals surface area contributed by atoms with Crippen LogP contribution < -0.4 is 11.1 Å². The van der Waals surface area contributed by atoms with E-state index in [4.69, 9.17) is 15.2 Å². The van der Waals surface area contributed by atoms with E-state index in [1.807, 2.05) is 20.8 Å². The third-order valence-corrected chi connectivity index (χ3v) is 2.77. The van der Waals surface area contributed by atoms with Crippen molar-refractivity contribution in [3.05, 3.63) is 0 Å². The highest BCUT2D eigenvalue weighted by Gasteiger charge is 2.27. The minimum atomic E-state index is -0.810. The molecule has 0 aliphatic carbocycles. The molecule has 0 aliphatic rings. The van der Waals surface area contributed by atoms with E-state index >= 15 is 0 Å². The second kappa shape index (κ2) is 9.47. The van der Waals surface area contributed by atoms with Crippen LogP contribution >= 0.6 is 0 Å². The number of hydrogen-bond donors (Lipinski definition) is 2. The molecule has 0 saturated heterocycles. The van der Waals surface area contributed by atoms with Gasteiger partial charge in [-0.15, -0.1) is 0 Å². The first kappa shape index (κ1) is 17.5. The molecule has 1 atom stereocenters. The van der Waals surface area contributed by atoms with Gasteiger partial charge in [-0.25, -0.2) is 9.59 Å². The first-order chi connectivity index (χ1) is 8.93. The van der Waals surface area contributed by atoms with Crippen molar-refractivity contribution in [2.45, 2.75) is 46.5 Å². The number of nitrogens with two attached hydrogens (primary N) is 1. The van der Waals surface area contributed by atoms with Crippen molar-refractivity contribution in [1.82, 2.24) is 5.32 Å². The summed E-state index contributed by atoms with van der Waals surface area (Å²) >= 11 is 0. The highest BCUT2D eigenvalue weighted by Crippen LogP contribution is 2.24. The van der Waals surface area contributed by atoms with Crippen molar-refractivity contribution in [1.29, 1.82) is 0 Å². The molecule has 0 aromatic rings. The quantitative estimate of drug-likeness (QED) is 0.632. The van der Waals surface area contributed by atoms with Gasteiger partial charge in [0, 0.05) is 12.0 Å². The minimum Gasteiger partial charge on any atom is -0.449 e. The van der Waals surface area contributed by atoms with E-state index in [9.17, 15) is 9.59 Å². The summed E-state index contributed by atoms with van der Waals surface area (Å²) in [7, 11) is 0. The molecule has 0 aromatic heterocycles. The van der Waals surface area contributed by atoms with Gasteiger partial charge in [-0.1, -0.05) is 33.6 Å². The standard InChI is InChI=1S/C13H26N2O4/c1-4-6-8-15-12(17)19-10-13(3,7-5-2)9-18-11(14)16/h4-10H2,1-3H3,(H2,14,16)(H,15,17)/t13-/m0/s1. The number of ether oxygens (including phenoxy) is 2. The van der Waals surface area contributed by atoms with Crippen LogP contribution in [0.4, 0.5) is 9.59 Å². The number of carbonyl (C=O) groups is 2. The Morgan fingerprint density at radius 2 is 1.79 bits per heavy atom. The van der Waals surface area contributed by atoms with Crippen LogP contribution in [0.5, 0.6) is 0 Å². The van der Waals surface area contributed by atoms with Gasteiger partial charge in [0.2, 0.25) is 0 Å². The summed E-state index contributed by atoms with van der Waals surface area (Å²) in [6.45, 7) is 6.93. The Bertz CT molecular complexity index is 284. The number of rotatable bonds is 9. The molecule has 6 nitrogen and oxygen atoms in total. The molecule has 2 amide bonds. The number of carbonyl (C=O) groups excluding carboxylic acids is 2. The van der Waals surface area contributed by atoms with Crippen LogP contribution in [0.15, 0.2) is 0 Å². The zero-order chi connectivity index (χ0) is 14.7. The number of unbranched alkanes of at least 4 members (excludes halogenated alkanes) is 1. The van der Waals surface area contributed by atoms with Crippen LogP contribution in [-0.4, -0.2) is 31.9 Å². The van der Waals surface area contributed by atoms with Crippen molar-refractivity contribution < 1.29 is 19.1 Å². The minimum absolute atomic E-state index is 0.151. The second-order valence-electron chi connectivity index (χ2n) is 5.02. The van der Waals surface area contributed by atoms with Crippen molar-refractivity contribution in [2.75, 3.05) is 19.8 Å². The molecule has 112 valence electrons. The fourth-order valence-corrected chi connectivity index (χ4v) is 1.69. The molecule has 0 bridgehead atoms. The zero-order valence-electron chi connectivity index (χ0n) is 12.2. The summed E-state index contributed by atoms with van der Waals surface area (Å²) in [6.07, 6.45) is 2.37. The second-order valence-corrected chi connectivity index (χ2v) is 5.02. The van der Waals surface area contributed by atoms with Crippen LogP contribution in [0.2, 0.25) is 0 Å². The van der Waals surface area contributed by atoms with E-state index in [1.165, 1.54) is 0 Å². The highest BCUT2D eigenvalue weighted by atomic mass is 16.6. The van der Waals surface area contributed by atoms with Crippen LogP contribution in [0.3, 0.4) is 0 Å². The largest absolute Gasteiger partial charge is 0.449 e. The molecule has 0 saturated carbocycles. The molecule has 3 N–H and O–H groups in total. The van der Waals surface area contributed by atoms with Crippen LogP contribution in [0.25, 0.3) is 0 Å². The molecule has 0 aliphatic heterocycles. The number of primary amides is 1. The molecule has 19 heavy (non-hydrogen) atoms. The Labute approximate surface area is 115 Å². The van der Waals surface area contributed by atoms with Crippen LogP contribution in [0, 0.1) is 5.41 Å². The molecule has 0 heterocycles. The molecule has 0 unspecified atom stereocenters. The van der Waals surface area contributed by atoms with Gasteiger partial charge in [0.25, 0.3) is 0 Å². The highest BCUT2D eigenvalue weighted by molar-refractivity contribution is 5.67. The third kappa shape index (κ3) is 9.16. The Balaban J connectivity index is 4.10. The molecule has 6 heteroatoms. The van der Waals surface area contributed by atoms with E-state index in [0.29, 0.717) is 6.54 Å². The zero-order valence-corrected chi connectivity index (χ0v) is 12.2. The van der Waals surface area contributed by atoms with Gasteiger partial charge in [0.05, 0.1) is 0 Å². The molecule has 0 fully saturated rings. The van der Waals surface area contributed by atoms with E-state index in [1.54, 1.807) is 0 Å². The number of nitrogens with one attached hydrogen (secondary N) is 1. The predicted molar refractivity (Wildman–Crippen MR) is 72.8 cm³/mol. The number of hydrogen-bond acceptors (Lipinski definition) is 4. The average Bonchev–Trinajstić information content (AvgIpc) is 2.35. The lowest BCUT2D eigenvalue weighted by molar-refractivity contribution is 0.0338. The normalized spacial score (nSPS) is 13.4. The van der Waals surface area contributed by atoms with Crippen molar-refractivity contribution >= 4 is 12.2 Å². The average molecular weight is 274 g/mol.